The summed E-state index contributed by atoms with van der Waals surface area (Å²) in [6.07, 6.45) is 14.3. The Morgan fingerprint density at radius 2 is 2.23 bits per heavy atom. The first-order valence-electron chi connectivity index (χ1n) is 4.97. The van der Waals surface area contributed by atoms with Crippen molar-refractivity contribution in [2.45, 2.75) is 27.2 Å². The van der Waals surface area contributed by atoms with Crippen molar-refractivity contribution in [2.75, 3.05) is 0 Å². The Balaban J connectivity index is 2.74. The lowest BCUT2D eigenvalue weighted by Gasteiger charge is -2.12. The molecule has 1 unspecified atom stereocenters. The van der Waals surface area contributed by atoms with Crippen LogP contribution in [0.4, 0.5) is 0 Å². The molecule has 0 saturated carbocycles. The van der Waals surface area contributed by atoms with Crippen molar-refractivity contribution < 1.29 is 0 Å². The summed E-state index contributed by atoms with van der Waals surface area (Å²) in [4.78, 5) is 0. The number of hydrogen-bond donors (Lipinski definition) is 0. The smallest absolute Gasteiger partial charge is 0.000713 e. The first-order chi connectivity index (χ1) is 6.24. The van der Waals surface area contributed by atoms with Gasteiger partial charge in [-0.3, -0.25) is 0 Å². The third kappa shape index (κ3) is 3.06. The van der Waals surface area contributed by atoms with E-state index in [2.05, 4.69) is 57.2 Å². The van der Waals surface area contributed by atoms with E-state index in [0.29, 0.717) is 5.92 Å². The van der Waals surface area contributed by atoms with Crippen LogP contribution in [0.3, 0.4) is 0 Å². The van der Waals surface area contributed by atoms with E-state index in [9.17, 15) is 0 Å². The molecule has 0 heteroatoms. The van der Waals surface area contributed by atoms with E-state index in [-0.39, 0.29) is 0 Å². The molecule has 0 nitrogen and oxygen atoms in total. The van der Waals surface area contributed by atoms with E-state index in [1.807, 2.05) is 0 Å². The number of allylic oxidation sites excluding steroid dienone is 8. The van der Waals surface area contributed by atoms with E-state index in [1.54, 1.807) is 0 Å². The van der Waals surface area contributed by atoms with Crippen molar-refractivity contribution in [2.24, 2.45) is 5.92 Å². The Labute approximate surface area is 81.4 Å². The van der Waals surface area contributed by atoms with Crippen molar-refractivity contribution >= 4 is 0 Å². The van der Waals surface area contributed by atoms with E-state index < -0.39 is 0 Å². The molecule has 1 rings (SSSR count). The van der Waals surface area contributed by atoms with Crippen LogP contribution in [0.15, 0.2) is 47.6 Å². The lowest BCUT2D eigenvalue weighted by molar-refractivity contribution is 0.877. The second-order valence-electron chi connectivity index (χ2n) is 3.54. The molecule has 0 aromatic rings. The highest BCUT2D eigenvalue weighted by Gasteiger charge is 2.05. The predicted octanol–water partition coefficient (Wildman–Crippen LogP) is 4.03. The number of rotatable bonds is 2. The zero-order valence-corrected chi connectivity index (χ0v) is 8.75. The van der Waals surface area contributed by atoms with Gasteiger partial charge in [0, 0.05) is 0 Å². The fraction of sp³-hybridized carbons (Fsp3) is 0.385. The van der Waals surface area contributed by atoms with Gasteiger partial charge in [0.2, 0.25) is 0 Å². The minimum absolute atomic E-state index is 0.560. The molecule has 0 heterocycles. The van der Waals surface area contributed by atoms with E-state index >= 15 is 0 Å². The zero-order valence-electron chi connectivity index (χ0n) is 8.75. The van der Waals surface area contributed by atoms with Crippen molar-refractivity contribution in [3.05, 3.63) is 47.6 Å². The quantitative estimate of drug-likeness (QED) is 0.593. The highest BCUT2D eigenvalue weighted by Crippen LogP contribution is 2.21. The molecule has 70 valence electrons. The average Bonchev–Trinajstić information content (AvgIpc) is 2.11. The third-order valence-electron chi connectivity index (χ3n) is 2.23. The second-order valence-corrected chi connectivity index (χ2v) is 3.54. The minimum Gasteiger partial charge on any atom is -0.0848 e. The maximum Gasteiger partial charge on any atom is -0.000713 e. The Bertz CT molecular complexity index is 274. The Morgan fingerprint density at radius 1 is 1.46 bits per heavy atom. The summed E-state index contributed by atoms with van der Waals surface area (Å²) in [7, 11) is 0. The summed E-state index contributed by atoms with van der Waals surface area (Å²) in [5.74, 6) is 0.560. The monoisotopic (exact) mass is 174 g/mol. The SMILES string of the molecule is CC/C=C\C=C1\C=C(C)C=CC1C. The van der Waals surface area contributed by atoms with Crippen molar-refractivity contribution in [1.29, 1.82) is 0 Å². The minimum atomic E-state index is 0.560. The second kappa shape index (κ2) is 4.86. The molecule has 0 N–H and O–H groups in total. The van der Waals surface area contributed by atoms with Crippen LogP contribution >= 0.6 is 0 Å². The van der Waals surface area contributed by atoms with Gasteiger partial charge in [-0.05, 0) is 24.8 Å². The lowest BCUT2D eigenvalue weighted by atomic mass is 9.93. The summed E-state index contributed by atoms with van der Waals surface area (Å²) in [6.45, 7) is 6.52. The molecule has 0 fully saturated rings. The van der Waals surface area contributed by atoms with E-state index in [1.165, 1.54) is 11.1 Å². The van der Waals surface area contributed by atoms with Gasteiger partial charge < -0.3 is 0 Å². The van der Waals surface area contributed by atoms with Crippen molar-refractivity contribution in [3.63, 3.8) is 0 Å². The predicted molar refractivity (Wildman–Crippen MR) is 59.6 cm³/mol. The molecular weight excluding hydrogens is 156 g/mol. The molecule has 1 aliphatic rings. The highest BCUT2D eigenvalue weighted by molar-refractivity contribution is 5.39. The van der Waals surface area contributed by atoms with Gasteiger partial charge in [-0.25, -0.2) is 0 Å². The molecule has 0 aromatic heterocycles. The molecular formula is C13H18. The molecule has 1 atom stereocenters. The van der Waals surface area contributed by atoms with Gasteiger partial charge in [0.15, 0.2) is 0 Å². The van der Waals surface area contributed by atoms with E-state index in [0.717, 1.165) is 6.42 Å². The van der Waals surface area contributed by atoms with E-state index in [4.69, 9.17) is 0 Å². The van der Waals surface area contributed by atoms with Crippen LogP contribution in [0, 0.1) is 5.92 Å². The first kappa shape index (κ1) is 10.0. The standard InChI is InChI=1S/C13H18/c1-4-5-6-7-13-10-11(2)8-9-12(13)3/h5-10,12H,4H2,1-3H3/b6-5-,13-7-. The van der Waals surface area contributed by atoms with Gasteiger partial charge in [-0.2, -0.15) is 0 Å². The molecule has 0 aromatic carbocycles. The summed E-state index contributed by atoms with van der Waals surface area (Å²) in [5.41, 5.74) is 2.75. The summed E-state index contributed by atoms with van der Waals surface area (Å²) >= 11 is 0. The van der Waals surface area contributed by atoms with Crippen molar-refractivity contribution in [3.8, 4) is 0 Å². The Kier molecular flexibility index (Phi) is 3.75. The fourth-order valence-corrected chi connectivity index (χ4v) is 1.36. The average molecular weight is 174 g/mol. The lowest BCUT2D eigenvalue weighted by Crippen LogP contribution is -1.97. The summed E-state index contributed by atoms with van der Waals surface area (Å²) in [6, 6.07) is 0. The van der Waals surface area contributed by atoms with Crippen molar-refractivity contribution in [1.82, 2.24) is 0 Å². The van der Waals surface area contributed by atoms with Gasteiger partial charge in [0.1, 0.15) is 0 Å². The van der Waals surface area contributed by atoms with Crippen LogP contribution in [0.2, 0.25) is 0 Å². The normalized spacial score (nSPS) is 25.6. The fourth-order valence-electron chi connectivity index (χ4n) is 1.36. The maximum atomic E-state index is 2.25. The zero-order chi connectivity index (χ0) is 9.68. The van der Waals surface area contributed by atoms with Crippen LogP contribution in [0.1, 0.15) is 27.2 Å². The van der Waals surface area contributed by atoms with Crippen LogP contribution < -0.4 is 0 Å². The molecule has 0 saturated heterocycles. The van der Waals surface area contributed by atoms with Crippen LogP contribution in [0.25, 0.3) is 0 Å². The molecule has 13 heavy (non-hydrogen) atoms. The largest absolute Gasteiger partial charge is 0.0848 e. The maximum absolute atomic E-state index is 2.25. The molecule has 0 radical (unpaired) electrons. The van der Waals surface area contributed by atoms with Crippen LogP contribution in [-0.4, -0.2) is 0 Å². The van der Waals surface area contributed by atoms with Gasteiger partial charge in [0.25, 0.3) is 0 Å². The first-order valence-corrected chi connectivity index (χ1v) is 4.97. The molecule has 0 aliphatic heterocycles. The Hall–Kier alpha value is -1.04. The molecule has 0 spiro atoms. The topological polar surface area (TPSA) is 0 Å². The number of hydrogen-bond acceptors (Lipinski definition) is 0. The van der Waals surface area contributed by atoms with Crippen LogP contribution in [0.5, 0.6) is 0 Å². The molecule has 0 bridgehead atoms. The summed E-state index contributed by atoms with van der Waals surface area (Å²) in [5, 5.41) is 0. The van der Waals surface area contributed by atoms with Gasteiger partial charge in [0.05, 0.1) is 0 Å². The van der Waals surface area contributed by atoms with Crippen LogP contribution in [-0.2, 0) is 0 Å². The molecule has 1 aliphatic carbocycles. The van der Waals surface area contributed by atoms with Gasteiger partial charge in [-0.15, -0.1) is 0 Å². The highest BCUT2D eigenvalue weighted by atomic mass is 14.1. The van der Waals surface area contributed by atoms with Gasteiger partial charge >= 0.3 is 0 Å². The van der Waals surface area contributed by atoms with Gasteiger partial charge in [-0.1, -0.05) is 55.9 Å². The molecule has 0 amide bonds. The third-order valence-corrected chi connectivity index (χ3v) is 2.23. The summed E-state index contributed by atoms with van der Waals surface area (Å²) < 4.78 is 0. The Morgan fingerprint density at radius 3 is 2.92 bits per heavy atom.